The molecule has 1 heterocycles. The second-order valence-electron chi connectivity index (χ2n) is 3.84. The minimum Gasteiger partial charge on any atom is -0.246 e. The van der Waals surface area contributed by atoms with Crippen LogP contribution in [-0.4, -0.2) is 4.98 Å². The lowest BCUT2D eigenvalue weighted by Crippen LogP contribution is -2.13. The van der Waals surface area contributed by atoms with Gasteiger partial charge in [-0.3, -0.25) is 0 Å². The highest BCUT2D eigenvalue weighted by Crippen LogP contribution is 2.37. The van der Waals surface area contributed by atoms with Crippen LogP contribution in [0.3, 0.4) is 0 Å². The summed E-state index contributed by atoms with van der Waals surface area (Å²) in [6.45, 7) is 6.19. The first-order valence-electron chi connectivity index (χ1n) is 3.84. The lowest BCUT2D eigenvalue weighted by molar-refractivity contribution is 0.589. The Morgan fingerprint density at radius 2 is 1.85 bits per heavy atom. The average molecular weight is 283 g/mol. The van der Waals surface area contributed by atoms with E-state index in [4.69, 9.17) is 23.2 Å². The molecule has 1 nitrogen and oxygen atoms in total. The maximum Gasteiger partial charge on any atom is 0.125 e. The van der Waals surface area contributed by atoms with E-state index in [1.165, 1.54) is 0 Å². The first-order valence-corrected chi connectivity index (χ1v) is 5.39. The van der Waals surface area contributed by atoms with Crippen molar-refractivity contribution in [1.29, 1.82) is 0 Å². The third-order valence-electron chi connectivity index (χ3n) is 1.68. The van der Waals surface area contributed by atoms with Crippen LogP contribution >= 0.6 is 39.1 Å². The van der Waals surface area contributed by atoms with E-state index >= 15 is 0 Å². The average Bonchev–Trinajstić information content (AvgIpc) is 1.95. The van der Waals surface area contributed by atoms with Crippen LogP contribution in [0.15, 0.2) is 10.8 Å². The van der Waals surface area contributed by atoms with E-state index in [-0.39, 0.29) is 5.41 Å². The fourth-order valence-corrected chi connectivity index (χ4v) is 2.34. The molecule has 1 rings (SSSR count). The number of pyridine rings is 1. The van der Waals surface area contributed by atoms with Crippen LogP contribution in [0.25, 0.3) is 0 Å². The largest absolute Gasteiger partial charge is 0.246 e. The van der Waals surface area contributed by atoms with Gasteiger partial charge in [-0.25, -0.2) is 4.98 Å². The monoisotopic (exact) mass is 281 g/mol. The Morgan fingerprint density at radius 1 is 1.31 bits per heavy atom. The first-order chi connectivity index (χ1) is 5.84. The number of nitrogens with zero attached hydrogens (tertiary/aromatic N) is 1. The molecule has 0 fully saturated rings. The standard InChI is InChI=1S/C9H10BrCl2N/c1-9(2,3)6-5(11)4-13-8(10)7(6)12/h4H,1-3H3. The van der Waals surface area contributed by atoms with Crippen molar-refractivity contribution in [3.8, 4) is 0 Å². The van der Waals surface area contributed by atoms with Crippen LogP contribution in [0.4, 0.5) is 0 Å². The van der Waals surface area contributed by atoms with Gasteiger partial charge in [0.2, 0.25) is 0 Å². The number of aromatic nitrogens is 1. The molecule has 0 aliphatic heterocycles. The molecule has 0 radical (unpaired) electrons. The van der Waals surface area contributed by atoms with Gasteiger partial charge in [-0.1, -0.05) is 44.0 Å². The van der Waals surface area contributed by atoms with Crippen LogP contribution in [-0.2, 0) is 5.41 Å². The Bertz CT molecular complexity index is 331. The normalized spacial score (nSPS) is 11.8. The van der Waals surface area contributed by atoms with Crippen molar-refractivity contribution in [1.82, 2.24) is 4.98 Å². The van der Waals surface area contributed by atoms with Gasteiger partial charge < -0.3 is 0 Å². The maximum atomic E-state index is 6.09. The highest BCUT2D eigenvalue weighted by Gasteiger charge is 2.22. The van der Waals surface area contributed by atoms with E-state index in [1.54, 1.807) is 6.20 Å². The lowest BCUT2D eigenvalue weighted by Gasteiger charge is -2.22. The number of halogens is 3. The van der Waals surface area contributed by atoms with Crippen molar-refractivity contribution in [3.05, 3.63) is 26.4 Å². The summed E-state index contributed by atoms with van der Waals surface area (Å²) >= 11 is 15.4. The van der Waals surface area contributed by atoms with Gasteiger partial charge in [0.15, 0.2) is 0 Å². The van der Waals surface area contributed by atoms with Crippen molar-refractivity contribution >= 4 is 39.1 Å². The minimum atomic E-state index is -0.0698. The zero-order valence-corrected chi connectivity index (χ0v) is 10.8. The number of hydrogen-bond donors (Lipinski definition) is 0. The molecule has 0 spiro atoms. The Labute approximate surface area is 96.6 Å². The molecule has 13 heavy (non-hydrogen) atoms. The third kappa shape index (κ3) is 2.36. The summed E-state index contributed by atoms with van der Waals surface area (Å²) in [6.07, 6.45) is 1.61. The van der Waals surface area contributed by atoms with Gasteiger partial charge in [-0.15, -0.1) is 0 Å². The molecule has 1 aromatic heterocycles. The summed E-state index contributed by atoms with van der Waals surface area (Å²) in [5.41, 5.74) is 0.859. The van der Waals surface area contributed by atoms with Crippen molar-refractivity contribution in [3.63, 3.8) is 0 Å². The second-order valence-corrected chi connectivity index (χ2v) is 5.37. The van der Waals surface area contributed by atoms with E-state index in [9.17, 15) is 0 Å². The Hall–Kier alpha value is 0.210. The molecule has 1 aromatic rings. The summed E-state index contributed by atoms with van der Waals surface area (Å²) in [7, 11) is 0. The summed E-state index contributed by atoms with van der Waals surface area (Å²) in [5, 5.41) is 1.21. The van der Waals surface area contributed by atoms with E-state index < -0.39 is 0 Å². The highest BCUT2D eigenvalue weighted by atomic mass is 79.9. The van der Waals surface area contributed by atoms with Gasteiger partial charge in [-0.2, -0.15) is 0 Å². The van der Waals surface area contributed by atoms with Gasteiger partial charge in [0, 0.05) is 6.20 Å². The molecule has 0 atom stereocenters. The smallest absolute Gasteiger partial charge is 0.125 e. The van der Waals surface area contributed by atoms with Crippen molar-refractivity contribution in [2.24, 2.45) is 0 Å². The van der Waals surface area contributed by atoms with Crippen molar-refractivity contribution in [2.45, 2.75) is 26.2 Å². The molecule has 0 unspecified atom stereocenters. The van der Waals surface area contributed by atoms with E-state index in [1.807, 2.05) is 0 Å². The Morgan fingerprint density at radius 3 is 2.23 bits per heavy atom. The fourth-order valence-electron chi connectivity index (χ4n) is 1.13. The van der Waals surface area contributed by atoms with Gasteiger partial charge >= 0.3 is 0 Å². The molecule has 0 aliphatic rings. The molecular formula is C9H10BrCl2N. The van der Waals surface area contributed by atoms with Gasteiger partial charge in [-0.05, 0) is 26.9 Å². The SMILES string of the molecule is CC(C)(C)c1c(Cl)cnc(Br)c1Cl. The molecule has 0 saturated heterocycles. The predicted molar refractivity (Wildman–Crippen MR) is 60.7 cm³/mol. The van der Waals surface area contributed by atoms with Gasteiger partial charge in [0.1, 0.15) is 4.60 Å². The van der Waals surface area contributed by atoms with E-state index in [0.29, 0.717) is 14.6 Å². The topological polar surface area (TPSA) is 12.9 Å². The zero-order valence-electron chi connectivity index (χ0n) is 7.66. The van der Waals surface area contributed by atoms with Gasteiger partial charge in [0.05, 0.1) is 10.0 Å². The van der Waals surface area contributed by atoms with Crippen LogP contribution in [0.1, 0.15) is 26.3 Å². The lowest BCUT2D eigenvalue weighted by atomic mass is 9.88. The fraction of sp³-hybridized carbons (Fsp3) is 0.444. The molecule has 0 aromatic carbocycles. The quantitative estimate of drug-likeness (QED) is 0.641. The second kappa shape index (κ2) is 3.76. The Balaban J connectivity index is 3.43. The van der Waals surface area contributed by atoms with E-state index in [0.717, 1.165) is 5.56 Å². The molecule has 72 valence electrons. The molecular weight excluding hydrogens is 273 g/mol. The predicted octanol–water partition coefficient (Wildman–Crippen LogP) is 4.45. The summed E-state index contributed by atoms with van der Waals surface area (Å²) in [4.78, 5) is 4.01. The van der Waals surface area contributed by atoms with Crippen LogP contribution in [0.2, 0.25) is 10.0 Å². The summed E-state index contributed by atoms with van der Waals surface area (Å²) < 4.78 is 0.642. The van der Waals surface area contributed by atoms with Crippen LogP contribution in [0, 0.1) is 0 Å². The third-order valence-corrected chi connectivity index (χ3v) is 3.16. The molecule has 0 N–H and O–H groups in total. The minimum absolute atomic E-state index is 0.0698. The first kappa shape index (κ1) is 11.3. The van der Waals surface area contributed by atoms with Crippen molar-refractivity contribution in [2.75, 3.05) is 0 Å². The van der Waals surface area contributed by atoms with Crippen molar-refractivity contribution < 1.29 is 0 Å². The summed E-state index contributed by atoms with van der Waals surface area (Å²) in [5.74, 6) is 0. The molecule has 4 heteroatoms. The summed E-state index contributed by atoms with van der Waals surface area (Å²) in [6, 6.07) is 0. The maximum absolute atomic E-state index is 6.09. The van der Waals surface area contributed by atoms with Crippen LogP contribution < -0.4 is 0 Å². The number of rotatable bonds is 0. The molecule has 0 amide bonds. The highest BCUT2D eigenvalue weighted by molar-refractivity contribution is 9.10. The molecule has 0 bridgehead atoms. The van der Waals surface area contributed by atoms with Gasteiger partial charge in [0.25, 0.3) is 0 Å². The molecule has 0 saturated carbocycles. The Kier molecular flexibility index (Phi) is 3.26. The van der Waals surface area contributed by atoms with Crippen LogP contribution in [0.5, 0.6) is 0 Å². The molecule has 0 aliphatic carbocycles. The zero-order chi connectivity index (χ0) is 10.2. The van der Waals surface area contributed by atoms with E-state index in [2.05, 4.69) is 41.7 Å². The number of hydrogen-bond acceptors (Lipinski definition) is 1.